The highest BCUT2D eigenvalue weighted by molar-refractivity contribution is 5.95. The molecular weight excluding hydrogens is 196 g/mol. The van der Waals surface area contributed by atoms with Gasteiger partial charge in [-0.15, -0.1) is 0 Å². The number of hydrogen-bond acceptors (Lipinski definition) is 5. The van der Waals surface area contributed by atoms with Gasteiger partial charge in [-0.3, -0.25) is 4.98 Å². The summed E-state index contributed by atoms with van der Waals surface area (Å²) in [4.78, 5) is 15.2. The van der Waals surface area contributed by atoms with Crippen molar-refractivity contribution in [3.05, 3.63) is 23.0 Å². The van der Waals surface area contributed by atoms with E-state index in [0.29, 0.717) is 0 Å². The molecule has 5 nitrogen and oxygen atoms in total. The molecule has 0 aliphatic rings. The first kappa shape index (κ1) is 11.0. The predicted octanol–water partition coefficient (Wildman–Crippen LogP) is 1.14. The number of ether oxygens (including phenoxy) is 1. The smallest absolute Gasteiger partial charge is 0.343 e. The van der Waals surface area contributed by atoms with Gasteiger partial charge in [0.15, 0.2) is 5.75 Å². The van der Waals surface area contributed by atoms with Crippen LogP contribution in [0.1, 0.15) is 28.5 Å². The number of hydrogen-bond donors (Lipinski definition) is 1. The number of pyridine rings is 1. The fraction of sp³-hybridized carbons (Fsp3) is 0.300. The highest BCUT2D eigenvalue weighted by atomic mass is 16.5. The first-order valence-electron chi connectivity index (χ1n) is 4.37. The summed E-state index contributed by atoms with van der Waals surface area (Å²) in [6.45, 7) is 3.37. The number of rotatable bonds is 2. The molecule has 0 saturated heterocycles. The summed E-state index contributed by atoms with van der Waals surface area (Å²) in [6, 6.07) is 1.78. The number of aromatic nitrogens is 1. The standard InChI is InChI=1S/C10H10N2O3/c1-3-15-10(14)8-7(4-11)5-12-6(2)9(8)13/h5,13H,3H2,1-2H3. The number of nitriles is 1. The van der Waals surface area contributed by atoms with E-state index in [9.17, 15) is 9.90 Å². The van der Waals surface area contributed by atoms with Crippen molar-refractivity contribution in [2.75, 3.05) is 6.61 Å². The van der Waals surface area contributed by atoms with Crippen LogP contribution in [-0.4, -0.2) is 22.7 Å². The van der Waals surface area contributed by atoms with Crippen LogP contribution in [0.3, 0.4) is 0 Å². The van der Waals surface area contributed by atoms with Crippen LogP contribution in [0, 0.1) is 18.3 Å². The monoisotopic (exact) mass is 206 g/mol. The van der Waals surface area contributed by atoms with Gasteiger partial charge in [0, 0.05) is 6.20 Å². The van der Waals surface area contributed by atoms with E-state index in [1.165, 1.54) is 6.20 Å². The van der Waals surface area contributed by atoms with E-state index < -0.39 is 5.97 Å². The molecule has 78 valence electrons. The zero-order valence-corrected chi connectivity index (χ0v) is 8.44. The van der Waals surface area contributed by atoms with Gasteiger partial charge >= 0.3 is 5.97 Å². The summed E-state index contributed by atoms with van der Waals surface area (Å²) in [6.07, 6.45) is 1.24. The maximum atomic E-state index is 11.4. The summed E-state index contributed by atoms with van der Waals surface area (Å²) >= 11 is 0. The molecule has 0 saturated carbocycles. The van der Waals surface area contributed by atoms with Crippen LogP contribution in [0.15, 0.2) is 6.20 Å². The van der Waals surface area contributed by atoms with Gasteiger partial charge in [-0.2, -0.15) is 5.26 Å². The molecule has 5 heteroatoms. The van der Waals surface area contributed by atoms with E-state index in [-0.39, 0.29) is 29.2 Å². The quantitative estimate of drug-likeness (QED) is 0.733. The molecule has 0 unspecified atom stereocenters. The number of carbonyl (C=O) groups excluding carboxylic acids is 1. The summed E-state index contributed by atoms with van der Waals surface area (Å²) < 4.78 is 4.73. The van der Waals surface area contributed by atoms with Gasteiger partial charge in [0.2, 0.25) is 0 Å². The summed E-state index contributed by atoms with van der Waals surface area (Å²) in [5.74, 6) is -1.01. The minimum absolute atomic E-state index is 0.0107. The minimum Gasteiger partial charge on any atom is -0.505 e. The molecule has 15 heavy (non-hydrogen) atoms. The van der Waals surface area contributed by atoms with E-state index in [1.807, 2.05) is 0 Å². The number of aryl methyl sites for hydroxylation is 1. The van der Waals surface area contributed by atoms with Crippen molar-refractivity contribution in [2.45, 2.75) is 13.8 Å². The summed E-state index contributed by atoms with van der Waals surface area (Å²) in [5, 5.41) is 18.3. The molecule has 0 aliphatic heterocycles. The van der Waals surface area contributed by atoms with Gasteiger partial charge in [-0.25, -0.2) is 4.79 Å². The average molecular weight is 206 g/mol. The number of carbonyl (C=O) groups is 1. The topological polar surface area (TPSA) is 83.2 Å². The van der Waals surface area contributed by atoms with Gasteiger partial charge < -0.3 is 9.84 Å². The minimum atomic E-state index is -0.711. The molecule has 0 amide bonds. The highest BCUT2D eigenvalue weighted by Crippen LogP contribution is 2.23. The maximum absolute atomic E-state index is 11.4. The van der Waals surface area contributed by atoms with E-state index in [4.69, 9.17) is 10.00 Å². The normalized spacial score (nSPS) is 9.40. The van der Waals surface area contributed by atoms with Crippen LogP contribution in [0.4, 0.5) is 0 Å². The Bertz CT molecular complexity index is 435. The van der Waals surface area contributed by atoms with Crippen molar-refractivity contribution >= 4 is 5.97 Å². The van der Waals surface area contributed by atoms with E-state index in [0.717, 1.165) is 0 Å². The molecule has 0 fully saturated rings. The third-order valence-electron chi connectivity index (χ3n) is 1.84. The third-order valence-corrected chi connectivity index (χ3v) is 1.84. The van der Waals surface area contributed by atoms with E-state index in [2.05, 4.69) is 4.98 Å². The lowest BCUT2D eigenvalue weighted by Crippen LogP contribution is -2.08. The number of nitrogens with zero attached hydrogens (tertiary/aromatic N) is 2. The molecular formula is C10H10N2O3. The van der Waals surface area contributed by atoms with Crippen molar-refractivity contribution in [2.24, 2.45) is 0 Å². The second kappa shape index (κ2) is 4.42. The number of esters is 1. The van der Waals surface area contributed by atoms with Crippen molar-refractivity contribution in [3.8, 4) is 11.8 Å². The van der Waals surface area contributed by atoms with Crippen molar-refractivity contribution in [3.63, 3.8) is 0 Å². The van der Waals surface area contributed by atoms with Gasteiger partial charge in [0.05, 0.1) is 17.9 Å². The highest BCUT2D eigenvalue weighted by Gasteiger charge is 2.19. The lowest BCUT2D eigenvalue weighted by atomic mass is 10.1. The first-order chi connectivity index (χ1) is 7.11. The Hall–Kier alpha value is -2.09. The fourth-order valence-corrected chi connectivity index (χ4v) is 1.09. The molecule has 1 rings (SSSR count). The van der Waals surface area contributed by atoms with Crippen LogP contribution in [0.5, 0.6) is 5.75 Å². The van der Waals surface area contributed by atoms with Crippen molar-refractivity contribution in [1.82, 2.24) is 4.98 Å². The van der Waals surface area contributed by atoms with Crippen LogP contribution in [0.25, 0.3) is 0 Å². The summed E-state index contributed by atoms with van der Waals surface area (Å²) in [5.41, 5.74) is 0.181. The molecule has 1 heterocycles. The Balaban J connectivity index is 3.31. The van der Waals surface area contributed by atoms with E-state index in [1.54, 1.807) is 19.9 Å². The lowest BCUT2D eigenvalue weighted by Gasteiger charge is -2.07. The van der Waals surface area contributed by atoms with Gasteiger partial charge in [-0.05, 0) is 13.8 Å². The Labute approximate surface area is 86.9 Å². The largest absolute Gasteiger partial charge is 0.505 e. The zero-order chi connectivity index (χ0) is 11.4. The first-order valence-corrected chi connectivity index (χ1v) is 4.37. The van der Waals surface area contributed by atoms with Crippen molar-refractivity contribution < 1.29 is 14.6 Å². The van der Waals surface area contributed by atoms with Crippen LogP contribution in [0.2, 0.25) is 0 Å². The summed E-state index contributed by atoms with van der Waals surface area (Å²) in [7, 11) is 0. The number of aromatic hydroxyl groups is 1. The van der Waals surface area contributed by atoms with Gasteiger partial charge in [0.1, 0.15) is 11.6 Å². The zero-order valence-electron chi connectivity index (χ0n) is 8.44. The molecule has 0 spiro atoms. The molecule has 0 aromatic carbocycles. The third kappa shape index (κ3) is 2.05. The maximum Gasteiger partial charge on any atom is 0.343 e. The lowest BCUT2D eigenvalue weighted by molar-refractivity contribution is 0.0522. The average Bonchev–Trinajstić information content (AvgIpc) is 2.22. The molecule has 0 radical (unpaired) electrons. The molecule has 0 bridgehead atoms. The Morgan fingerprint density at radius 1 is 1.73 bits per heavy atom. The van der Waals surface area contributed by atoms with Crippen LogP contribution >= 0.6 is 0 Å². The Morgan fingerprint density at radius 2 is 2.40 bits per heavy atom. The van der Waals surface area contributed by atoms with Crippen LogP contribution < -0.4 is 0 Å². The fourth-order valence-electron chi connectivity index (χ4n) is 1.09. The molecule has 1 N–H and O–H groups in total. The predicted molar refractivity (Wildman–Crippen MR) is 51.3 cm³/mol. The Kier molecular flexibility index (Phi) is 3.24. The molecule has 1 aromatic heterocycles. The second-order valence-corrected chi connectivity index (χ2v) is 2.81. The SMILES string of the molecule is CCOC(=O)c1c(C#N)cnc(C)c1O. The molecule has 1 aromatic rings. The van der Waals surface area contributed by atoms with Gasteiger partial charge in [-0.1, -0.05) is 0 Å². The van der Waals surface area contributed by atoms with Crippen LogP contribution in [-0.2, 0) is 4.74 Å². The van der Waals surface area contributed by atoms with E-state index >= 15 is 0 Å². The van der Waals surface area contributed by atoms with Gasteiger partial charge in [0.25, 0.3) is 0 Å². The molecule has 0 aliphatic carbocycles. The van der Waals surface area contributed by atoms with Crippen molar-refractivity contribution in [1.29, 1.82) is 5.26 Å². The molecule has 0 atom stereocenters. The second-order valence-electron chi connectivity index (χ2n) is 2.81. The Morgan fingerprint density at radius 3 is 2.93 bits per heavy atom.